The number of hydrogen-bond acceptors (Lipinski definition) is 4. The Kier molecular flexibility index (Phi) is 5.35. The van der Waals surface area contributed by atoms with E-state index in [0.29, 0.717) is 26.2 Å². The number of piperazine rings is 1. The molecule has 0 saturated carbocycles. The molecule has 0 bridgehead atoms. The molecule has 1 aliphatic heterocycles. The second kappa shape index (κ2) is 6.32. The predicted molar refractivity (Wildman–Crippen MR) is 66.1 cm³/mol. The number of amides is 1. The van der Waals surface area contributed by atoms with Crippen molar-refractivity contribution in [3.63, 3.8) is 0 Å². The fraction of sp³-hybridized carbons (Fsp3) is 0.900. The fourth-order valence-corrected chi connectivity index (χ4v) is 3.11. The van der Waals surface area contributed by atoms with E-state index in [9.17, 15) is 13.2 Å². The van der Waals surface area contributed by atoms with Gasteiger partial charge in [-0.25, -0.2) is 8.42 Å². The standard InChI is InChI=1S/C10H21N3O3S/c1-9(2)12-10(14)3-8-17(15,16)13-6-4-11-5-7-13/h9,11H,3-8H2,1-2H3,(H,12,14). The van der Waals surface area contributed by atoms with Crippen LogP contribution in [-0.2, 0) is 14.8 Å². The lowest BCUT2D eigenvalue weighted by molar-refractivity contribution is -0.121. The summed E-state index contributed by atoms with van der Waals surface area (Å²) >= 11 is 0. The van der Waals surface area contributed by atoms with E-state index in [1.165, 1.54) is 4.31 Å². The van der Waals surface area contributed by atoms with E-state index in [-0.39, 0.29) is 24.1 Å². The molecule has 0 aromatic carbocycles. The van der Waals surface area contributed by atoms with Crippen LogP contribution < -0.4 is 10.6 Å². The zero-order valence-corrected chi connectivity index (χ0v) is 11.2. The largest absolute Gasteiger partial charge is 0.354 e. The summed E-state index contributed by atoms with van der Waals surface area (Å²) < 4.78 is 25.2. The lowest BCUT2D eigenvalue weighted by Gasteiger charge is -2.26. The lowest BCUT2D eigenvalue weighted by atomic mass is 10.3. The van der Waals surface area contributed by atoms with Crippen molar-refractivity contribution in [2.45, 2.75) is 26.3 Å². The zero-order valence-electron chi connectivity index (χ0n) is 10.4. The van der Waals surface area contributed by atoms with Gasteiger partial charge in [0.25, 0.3) is 0 Å². The number of nitrogens with one attached hydrogen (secondary N) is 2. The van der Waals surface area contributed by atoms with Gasteiger partial charge in [-0.15, -0.1) is 0 Å². The maximum atomic E-state index is 11.9. The highest BCUT2D eigenvalue weighted by Crippen LogP contribution is 2.04. The van der Waals surface area contributed by atoms with Gasteiger partial charge in [0, 0.05) is 38.6 Å². The Morgan fingerprint density at radius 2 is 1.94 bits per heavy atom. The molecule has 1 rings (SSSR count). The first-order valence-electron chi connectivity index (χ1n) is 5.90. The molecular formula is C10H21N3O3S. The summed E-state index contributed by atoms with van der Waals surface area (Å²) in [5.74, 6) is -0.315. The van der Waals surface area contributed by atoms with E-state index >= 15 is 0 Å². The highest BCUT2D eigenvalue weighted by molar-refractivity contribution is 7.89. The second-order valence-corrected chi connectivity index (χ2v) is 6.53. The quantitative estimate of drug-likeness (QED) is 0.676. The first kappa shape index (κ1) is 14.4. The molecule has 0 unspecified atom stereocenters. The maximum Gasteiger partial charge on any atom is 0.221 e. The minimum absolute atomic E-state index is 0.0322. The van der Waals surface area contributed by atoms with Crippen LogP contribution in [0.1, 0.15) is 20.3 Å². The van der Waals surface area contributed by atoms with Gasteiger partial charge in [-0.3, -0.25) is 4.79 Å². The number of carbonyl (C=O) groups excluding carboxylic acids is 1. The third-order valence-corrected chi connectivity index (χ3v) is 4.38. The van der Waals surface area contributed by atoms with Crippen LogP contribution >= 0.6 is 0 Å². The second-order valence-electron chi connectivity index (χ2n) is 4.44. The summed E-state index contributed by atoms with van der Waals surface area (Å²) in [6, 6.07) is 0.0457. The molecule has 17 heavy (non-hydrogen) atoms. The van der Waals surface area contributed by atoms with Crippen molar-refractivity contribution in [2.24, 2.45) is 0 Å². The molecule has 0 aliphatic carbocycles. The number of rotatable bonds is 5. The molecule has 0 aromatic rings. The topological polar surface area (TPSA) is 78.5 Å². The van der Waals surface area contributed by atoms with Gasteiger partial charge >= 0.3 is 0 Å². The summed E-state index contributed by atoms with van der Waals surface area (Å²) in [6.45, 7) is 6.04. The van der Waals surface area contributed by atoms with Crippen molar-refractivity contribution in [1.82, 2.24) is 14.9 Å². The fourth-order valence-electron chi connectivity index (χ4n) is 1.67. The van der Waals surface area contributed by atoms with Gasteiger partial charge in [0.15, 0.2) is 0 Å². The molecule has 0 atom stereocenters. The van der Waals surface area contributed by atoms with E-state index < -0.39 is 10.0 Å². The molecular weight excluding hydrogens is 242 g/mol. The van der Waals surface area contributed by atoms with Crippen molar-refractivity contribution in [3.8, 4) is 0 Å². The van der Waals surface area contributed by atoms with Crippen molar-refractivity contribution in [2.75, 3.05) is 31.9 Å². The smallest absolute Gasteiger partial charge is 0.221 e. The first-order valence-corrected chi connectivity index (χ1v) is 7.50. The molecule has 1 amide bonds. The first-order chi connectivity index (χ1) is 7.92. The molecule has 0 aromatic heterocycles. The van der Waals surface area contributed by atoms with E-state index in [2.05, 4.69) is 10.6 Å². The minimum Gasteiger partial charge on any atom is -0.354 e. The summed E-state index contributed by atoms with van der Waals surface area (Å²) in [4.78, 5) is 11.4. The van der Waals surface area contributed by atoms with Crippen LogP contribution in [0.4, 0.5) is 0 Å². The molecule has 0 radical (unpaired) electrons. The molecule has 7 heteroatoms. The van der Waals surface area contributed by atoms with Crippen molar-refractivity contribution < 1.29 is 13.2 Å². The third kappa shape index (κ3) is 5.01. The number of carbonyl (C=O) groups is 1. The van der Waals surface area contributed by atoms with Crippen molar-refractivity contribution in [1.29, 1.82) is 0 Å². The van der Waals surface area contributed by atoms with Crippen LogP contribution in [0.25, 0.3) is 0 Å². The summed E-state index contributed by atoms with van der Waals surface area (Å²) in [7, 11) is -3.28. The van der Waals surface area contributed by atoms with Gasteiger partial charge < -0.3 is 10.6 Å². The summed E-state index contributed by atoms with van der Waals surface area (Å²) in [6.07, 6.45) is 0.0322. The van der Waals surface area contributed by atoms with Crippen LogP contribution in [-0.4, -0.2) is 56.6 Å². The van der Waals surface area contributed by atoms with E-state index in [1.807, 2.05) is 13.8 Å². The predicted octanol–water partition coefficient (Wildman–Crippen LogP) is -0.864. The van der Waals surface area contributed by atoms with Crippen LogP contribution in [0.5, 0.6) is 0 Å². The normalized spacial score (nSPS) is 18.3. The van der Waals surface area contributed by atoms with Gasteiger partial charge in [0.05, 0.1) is 5.75 Å². The van der Waals surface area contributed by atoms with E-state index in [1.54, 1.807) is 0 Å². The average molecular weight is 263 g/mol. The van der Waals surface area contributed by atoms with E-state index in [4.69, 9.17) is 0 Å². The summed E-state index contributed by atoms with van der Waals surface area (Å²) in [5, 5.41) is 5.78. The molecule has 6 nitrogen and oxygen atoms in total. The molecule has 1 aliphatic rings. The SMILES string of the molecule is CC(C)NC(=O)CCS(=O)(=O)N1CCNCC1. The van der Waals surface area contributed by atoms with Gasteiger partial charge in [-0.1, -0.05) is 0 Å². The van der Waals surface area contributed by atoms with Gasteiger partial charge in [0.2, 0.25) is 15.9 Å². The Bertz CT molecular complexity index is 348. The molecule has 0 spiro atoms. The van der Waals surface area contributed by atoms with Crippen LogP contribution in [0, 0.1) is 0 Å². The molecule has 2 N–H and O–H groups in total. The highest BCUT2D eigenvalue weighted by atomic mass is 32.2. The Hall–Kier alpha value is -0.660. The Balaban J connectivity index is 2.41. The van der Waals surface area contributed by atoms with Crippen molar-refractivity contribution >= 4 is 15.9 Å². The van der Waals surface area contributed by atoms with Gasteiger partial charge in [-0.2, -0.15) is 4.31 Å². The molecule has 1 heterocycles. The third-order valence-electron chi connectivity index (χ3n) is 2.51. The molecule has 100 valence electrons. The monoisotopic (exact) mass is 263 g/mol. The number of nitrogens with zero attached hydrogens (tertiary/aromatic N) is 1. The summed E-state index contributed by atoms with van der Waals surface area (Å²) in [5.41, 5.74) is 0. The maximum absolute atomic E-state index is 11.9. The average Bonchev–Trinajstić information content (AvgIpc) is 2.27. The lowest BCUT2D eigenvalue weighted by Crippen LogP contribution is -2.47. The zero-order chi connectivity index (χ0) is 12.9. The minimum atomic E-state index is -3.28. The Labute approximate surface area is 103 Å². The molecule has 1 saturated heterocycles. The van der Waals surface area contributed by atoms with Crippen LogP contribution in [0.15, 0.2) is 0 Å². The Morgan fingerprint density at radius 3 is 2.47 bits per heavy atom. The van der Waals surface area contributed by atoms with Crippen LogP contribution in [0.2, 0.25) is 0 Å². The Morgan fingerprint density at radius 1 is 1.35 bits per heavy atom. The van der Waals surface area contributed by atoms with E-state index in [0.717, 1.165) is 0 Å². The highest BCUT2D eigenvalue weighted by Gasteiger charge is 2.24. The number of sulfonamides is 1. The van der Waals surface area contributed by atoms with Gasteiger partial charge in [0.1, 0.15) is 0 Å². The van der Waals surface area contributed by atoms with Gasteiger partial charge in [-0.05, 0) is 13.8 Å². The number of hydrogen-bond donors (Lipinski definition) is 2. The van der Waals surface area contributed by atoms with Crippen molar-refractivity contribution in [3.05, 3.63) is 0 Å². The molecule has 1 fully saturated rings. The van der Waals surface area contributed by atoms with Crippen LogP contribution in [0.3, 0.4) is 0 Å².